The molecule has 1 saturated heterocycles. The summed E-state index contributed by atoms with van der Waals surface area (Å²) in [4.78, 5) is 12.2. The molecule has 3 heteroatoms. The monoisotopic (exact) mass is 258 g/mol. The van der Waals surface area contributed by atoms with Crippen LogP contribution in [0.15, 0.2) is 18.2 Å². The number of piperidine rings is 1. The number of nitrogens with one attached hydrogen (secondary N) is 2. The second kappa shape index (κ2) is 5.33. The average molecular weight is 258 g/mol. The fourth-order valence-electron chi connectivity index (χ4n) is 2.78. The number of aryl methyl sites for hydroxylation is 1. The Morgan fingerprint density at radius 2 is 1.95 bits per heavy atom. The van der Waals surface area contributed by atoms with E-state index in [0.29, 0.717) is 12.0 Å². The molecule has 0 radical (unpaired) electrons. The van der Waals surface area contributed by atoms with E-state index in [1.165, 1.54) is 18.4 Å². The van der Waals surface area contributed by atoms with Crippen molar-refractivity contribution in [3.63, 3.8) is 0 Å². The standard InChI is InChI=1S/C16H22N2O/c1-11-2-3-13(12-6-8-17-9-7-12)10-15(11)16(19)18-14-4-5-14/h2-3,10,12,14,17H,4-9H2,1H3,(H,18,19). The van der Waals surface area contributed by atoms with Crippen molar-refractivity contribution >= 4 is 5.91 Å². The van der Waals surface area contributed by atoms with Gasteiger partial charge < -0.3 is 10.6 Å². The van der Waals surface area contributed by atoms with Crippen LogP contribution in [0.25, 0.3) is 0 Å². The van der Waals surface area contributed by atoms with Gasteiger partial charge in [-0.2, -0.15) is 0 Å². The molecule has 2 fully saturated rings. The van der Waals surface area contributed by atoms with Gasteiger partial charge in [0.15, 0.2) is 0 Å². The van der Waals surface area contributed by atoms with Crippen LogP contribution in [0.5, 0.6) is 0 Å². The van der Waals surface area contributed by atoms with Gasteiger partial charge in [0.1, 0.15) is 0 Å². The molecule has 1 amide bonds. The lowest BCUT2D eigenvalue weighted by molar-refractivity contribution is 0.0950. The van der Waals surface area contributed by atoms with Crippen molar-refractivity contribution in [3.05, 3.63) is 34.9 Å². The van der Waals surface area contributed by atoms with Crippen LogP contribution in [0.4, 0.5) is 0 Å². The topological polar surface area (TPSA) is 41.1 Å². The molecule has 0 unspecified atom stereocenters. The van der Waals surface area contributed by atoms with Crippen LogP contribution < -0.4 is 10.6 Å². The summed E-state index contributed by atoms with van der Waals surface area (Å²) in [5, 5.41) is 6.48. The molecule has 3 nitrogen and oxygen atoms in total. The van der Waals surface area contributed by atoms with Gasteiger partial charge in [-0.1, -0.05) is 12.1 Å². The predicted molar refractivity (Wildman–Crippen MR) is 76.5 cm³/mol. The molecule has 0 spiro atoms. The number of benzene rings is 1. The van der Waals surface area contributed by atoms with Crippen molar-refractivity contribution < 1.29 is 4.79 Å². The van der Waals surface area contributed by atoms with Gasteiger partial charge in [-0.05, 0) is 68.8 Å². The van der Waals surface area contributed by atoms with Crippen LogP contribution in [0, 0.1) is 6.92 Å². The highest BCUT2D eigenvalue weighted by Gasteiger charge is 2.25. The van der Waals surface area contributed by atoms with E-state index in [9.17, 15) is 4.79 Å². The summed E-state index contributed by atoms with van der Waals surface area (Å²) in [6.45, 7) is 4.19. The van der Waals surface area contributed by atoms with Crippen LogP contribution in [0.2, 0.25) is 0 Å². The van der Waals surface area contributed by atoms with E-state index in [1.54, 1.807) is 0 Å². The van der Waals surface area contributed by atoms with Crippen LogP contribution in [-0.4, -0.2) is 25.0 Å². The lowest BCUT2D eigenvalue weighted by atomic mass is 9.88. The van der Waals surface area contributed by atoms with E-state index in [1.807, 2.05) is 6.92 Å². The van der Waals surface area contributed by atoms with E-state index in [2.05, 4.69) is 28.8 Å². The highest BCUT2D eigenvalue weighted by atomic mass is 16.1. The lowest BCUT2D eigenvalue weighted by Crippen LogP contribution is -2.28. The zero-order chi connectivity index (χ0) is 13.2. The summed E-state index contributed by atoms with van der Waals surface area (Å²) >= 11 is 0. The van der Waals surface area contributed by atoms with E-state index in [4.69, 9.17) is 0 Å². The third-order valence-electron chi connectivity index (χ3n) is 4.23. The van der Waals surface area contributed by atoms with Gasteiger partial charge in [0.25, 0.3) is 5.91 Å². The van der Waals surface area contributed by atoms with E-state index < -0.39 is 0 Å². The number of hydrogen-bond donors (Lipinski definition) is 2. The molecule has 1 aliphatic heterocycles. The predicted octanol–water partition coefficient (Wildman–Crippen LogP) is 2.35. The molecular weight excluding hydrogens is 236 g/mol. The molecule has 1 heterocycles. The number of hydrogen-bond acceptors (Lipinski definition) is 2. The van der Waals surface area contributed by atoms with Crippen LogP contribution >= 0.6 is 0 Å². The Hall–Kier alpha value is -1.35. The molecule has 3 rings (SSSR count). The van der Waals surface area contributed by atoms with Gasteiger partial charge in [0.2, 0.25) is 0 Å². The first-order chi connectivity index (χ1) is 9.24. The summed E-state index contributed by atoms with van der Waals surface area (Å²) < 4.78 is 0. The SMILES string of the molecule is Cc1ccc(C2CCNCC2)cc1C(=O)NC1CC1. The molecule has 2 N–H and O–H groups in total. The van der Waals surface area contributed by atoms with Crippen LogP contribution in [0.3, 0.4) is 0 Å². The number of carbonyl (C=O) groups is 1. The first-order valence-corrected chi connectivity index (χ1v) is 7.36. The van der Waals surface area contributed by atoms with Gasteiger partial charge in [-0.25, -0.2) is 0 Å². The quantitative estimate of drug-likeness (QED) is 0.874. The smallest absolute Gasteiger partial charge is 0.251 e. The molecule has 1 aliphatic carbocycles. The molecule has 0 bridgehead atoms. The zero-order valence-corrected chi connectivity index (χ0v) is 11.5. The Balaban J connectivity index is 1.79. The third kappa shape index (κ3) is 2.98. The van der Waals surface area contributed by atoms with Gasteiger partial charge >= 0.3 is 0 Å². The minimum atomic E-state index is 0.107. The van der Waals surface area contributed by atoms with Crippen molar-refractivity contribution in [1.82, 2.24) is 10.6 Å². The van der Waals surface area contributed by atoms with Gasteiger partial charge in [0.05, 0.1) is 0 Å². The van der Waals surface area contributed by atoms with Crippen molar-refractivity contribution in [2.45, 2.75) is 44.6 Å². The number of rotatable bonds is 3. The third-order valence-corrected chi connectivity index (χ3v) is 4.23. The molecule has 0 aromatic heterocycles. The number of amides is 1. The lowest BCUT2D eigenvalue weighted by Gasteiger charge is -2.23. The normalized spacial score (nSPS) is 20.3. The van der Waals surface area contributed by atoms with Crippen LogP contribution in [0.1, 0.15) is 53.1 Å². The Kier molecular flexibility index (Phi) is 3.56. The molecule has 102 valence electrons. The Labute approximate surface area is 114 Å². The maximum absolute atomic E-state index is 12.2. The molecule has 1 aromatic carbocycles. The summed E-state index contributed by atoms with van der Waals surface area (Å²) in [5.74, 6) is 0.713. The van der Waals surface area contributed by atoms with Gasteiger partial charge in [-0.3, -0.25) is 4.79 Å². The average Bonchev–Trinajstić information content (AvgIpc) is 3.24. The molecule has 1 saturated carbocycles. The van der Waals surface area contributed by atoms with E-state index >= 15 is 0 Å². The molecule has 2 aliphatic rings. The minimum Gasteiger partial charge on any atom is -0.349 e. The summed E-state index contributed by atoms with van der Waals surface area (Å²) in [7, 11) is 0. The van der Waals surface area contributed by atoms with E-state index in [-0.39, 0.29) is 5.91 Å². The molecule has 1 aromatic rings. The Bertz CT molecular complexity index is 474. The van der Waals surface area contributed by atoms with E-state index in [0.717, 1.165) is 37.1 Å². The number of carbonyl (C=O) groups excluding carboxylic acids is 1. The first kappa shape index (κ1) is 12.7. The van der Waals surface area contributed by atoms with Crippen molar-refractivity contribution in [1.29, 1.82) is 0 Å². The van der Waals surface area contributed by atoms with Crippen molar-refractivity contribution in [3.8, 4) is 0 Å². The summed E-state index contributed by atoms with van der Waals surface area (Å²) in [5.41, 5.74) is 3.27. The first-order valence-electron chi connectivity index (χ1n) is 7.36. The van der Waals surface area contributed by atoms with Crippen molar-refractivity contribution in [2.75, 3.05) is 13.1 Å². The molecule has 19 heavy (non-hydrogen) atoms. The largest absolute Gasteiger partial charge is 0.349 e. The minimum absolute atomic E-state index is 0.107. The summed E-state index contributed by atoms with van der Waals surface area (Å²) in [6.07, 6.45) is 4.62. The van der Waals surface area contributed by atoms with Gasteiger partial charge in [0, 0.05) is 11.6 Å². The fraction of sp³-hybridized carbons (Fsp3) is 0.562. The highest BCUT2D eigenvalue weighted by molar-refractivity contribution is 5.96. The Morgan fingerprint density at radius 3 is 2.63 bits per heavy atom. The Morgan fingerprint density at radius 1 is 1.21 bits per heavy atom. The second-order valence-corrected chi connectivity index (χ2v) is 5.85. The molecule has 0 atom stereocenters. The second-order valence-electron chi connectivity index (χ2n) is 5.85. The molecular formula is C16H22N2O. The van der Waals surface area contributed by atoms with Crippen LogP contribution in [-0.2, 0) is 0 Å². The summed E-state index contributed by atoms with van der Waals surface area (Å²) in [6, 6.07) is 6.83. The van der Waals surface area contributed by atoms with Crippen molar-refractivity contribution in [2.24, 2.45) is 0 Å². The maximum atomic E-state index is 12.2. The highest BCUT2D eigenvalue weighted by Crippen LogP contribution is 2.27. The fourth-order valence-corrected chi connectivity index (χ4v) is 2.78. The maximum Gasteiger partial charge on any atom is 0.251 e. The zero-order valence-electron chi connectivity index (χ0n) is 11.5. The van der Waals surface area contributed by atoms with Gasteiger partial charge in [-0.15, -0.1) is 0 Å².